The lowest BCUT2D eigenvalue weighted by Crippen LogP contribution is -2.50. The molecule has 0 aromatic rings. The van der Waals surface area contributed by atoms with Crippen molar-refractivity contribution in [3.05, 3.63) is 0 Å². The van der Waals surface area contributed by atoms with Gasteiger partial charge in [0.25, 0.3) is 0 Å². The molecule has 23 heavy (non-hydrogen) atoms. The lowest BCUT2D eigenvalue weighted by Gasteiger charge is -2.37. The van der Waals surface area contributed by atoms with Crippen LogP contribution in [0.3, 0.4) is 0 Å². The Labute approximate surface area is 139 Å². The molecule has 1 saturated carbocycles. The first-order valence-corrected chi connectivity index (χ1v) is 8.83. The van der Waals surface area contributed by atoms with Gasteiger partial charge in [-0.1, -0.05) is 6.92 Å². The second-order valence-electron chi connectivity index (χ2n) is 7.11. The van der Waals surface area contributed by atoms with E-state index in [2.05, 4.69) is 6.92 Å². The highest BCUT2D eigenvalue weighted by molar-refractivity contribution is 5.79. The number of amides is 1. The number of piperidine rings is 1. The zero-order valence-corrected chi connectivity index (χ0v) is 14.5. The van der Waals surface area contributed by atoms with E-state index in [-0.39, 0.29) is 30.5 Å². The SMILES string of the molecule is COC(=O)CN(CC(=O)N1CCC(C)CC1)C1CCC(N)CC1. The maximum absolute atomic E-state index is 12.6. The number of methoxy groups -OCH3 is 1. The van der Waals surface area contributed by atoms with Crippen LogP contribution in [-0.2, 0) is 14.3 Å². The minimum absolute atomic E-state index is 0.135. The van der Waals surface area contributed by atoms with Crippen molar-refractivity contribution in [2.75, 3.05) is 33.3 Å². The number of ether oxygens (including phenoxy) is 1. The molecule has 1 aliphatic heterocycles. The molecule has 6 nitrogen and oxygen atoms in total. The number of carbonyl (C=O) groups is 2. The van der Waals surface area contributed by atoms with Crippen LogP contribution in [0.25, 0.3) is 0 Å². The van der Waals surface area contributed by atoms with E-state index in [1.54, 1.807) is 0 Å². The molecular formula is C17H31N3O3. The van der Waals surface area contributed by atoms with Gasteiger partial charge in [-0.3, -0.25) is 14.5 Å². The first-order valence-electron chi connectivity index (χ1n) is 8.83. The summed E-state index contributed by atoms with van der Waals surface area (Å²) >= 11 is 0. The van der Waals surface area contributed by atoms with Crippen molar-refractivity contribution < 1.29 is 14.3 Å². The van der Waals surface area contributed by atoms with Gasteiger partial charge in [-0.2, -0.15) is 0 Å². The zero-order valence-electron chi connectivity index (χ0n) is 14.5. The molecule has 0 atom stereocenters. The van der Waals surface area contributed by atoms with Gasteiger partial charge in [0, 0.05) is 25.2 Å². The molecule has 2 fully saturated rings. The summed E-state index contributed by atoms with van der Waals surface area (Å²) in [6.07, 6.45) is 5.95. The largest absolute Gasteiger partial charge is 0.468 e. The van der Waals surface area contributed by atoms with Crippen molar-refractivity contribution in [1.82, 2.24) is 9.80 Å². The lowest BCUT2D eigenvalue weighted by molar-refractivity contribution is -0.144. The molecule has 0 radical (unpaired) electrons. The molecule has 2 aliphatic rings. The van der Waals surface area contributed by atoms with Crippen molar-refractivity contribution in [1.29, 1.82) is 0 Å². The highest BCUT2D eigenvalue weighted by Gasteiger charge is 2.29. The Kier molecular flexibility index (Phi) is 6.84. The summed E-state index contributed by atoms with van der Waals surface area (Å²) in [5, 5.41) is 0. The van der Waals surface area contributed by atoms with Crippen molar-refractivity contribution in [3.8, 4) is 0 Å². The second kappa shape index (κ2) is 8.64. The van der Waals surface area contributed by atoms with Gasteiger partial charge in [-0.05, 0) is 44.4 Å². The van der Waals surface area contributed by atoms with Crippen LogP contribution in [0.5, 0.6) is 0 Å². The normalized spacial score (nSPS) is 26.3. The molecule has 1 saturated heterocycles. The third-order valence-electron chi connectivity index (χ3n) is 5.29. The molecular weight excluding hydrogens is 294 g/mol. The van der Waals surface area contributed by atoms with Crippen LogP contribution in [0.2, 0.25) is 0 Å². The quantitative estimate of drug-likeness (QED) is 0.763. The summed E-state index contributed by atoms with van der Waals surface area (Å²) in [7, 11) is 1.39. The Hall–Kier alpha value is -1.14. The molecule has 132 valence electrons. The number of nitrogens with zero attached hydrogens (tertiary/aromatic N) is 2. The molecule has 2 rings (SSSR count). The highest BCUT2D eigenvalue weighted by atomic mass is 16.5. The molecule has 0 bridgehead atoms. The lowest BCUT2D eigenvalue weighted by atomic mass is 9.90. The fourth-order valence-corrected chi connectivity index (χ4v) is 3.54. The first kappa shape index (κ1) is 18.2. The van der Waals surface area contributed by atoms with Crippen LogP contribution in [0, 0.1) is 5.92 Å². The fourth-order valence-electron chi connectivity index (χ4n) is 3.54. The number of carbonyl (C=O) groups excluding carboxylic acids is 2. The summed E-state index contributed by atoms with van der Waals surface area (Å²) in [6.45, 7) is 4.40. The molecule has 1 aliphatic carbocycles. The molecule has 0 unspecified atom stereocenters. The molecule has 2 N–H and O–H groups in total. The monoisotopic (exact) mass is 325 g/mol. The number of likely N-dealkylation sites (tertiary alicyclic amines) is 1. The van der Waals surface area contributed by atoms with Crippen molar-refractivity contribution >= 4 is 11.9 Å². The third-order valence-corrected chi connectivity index (χ3v) is 5.29. The highest BCUT2D eigenvalue weighted by Crippen LogP contribution is 2.23. The molecule has 0 aromatic heterocycles. The Balaban J connectivity index is 1.93. The Morgan fingerprint density at radius 1 is 1.09 bits per heavy atom. The second-order valence-corrected chi connectivity index (χ2v) is 7.11. The topological polar surface area (TPSA) is 75.9 Å². The average Bonchev–Trinajstić information content (AvgIpc) is 2.55. The van der Waals surface area contributed by atoms with Gasteiger partial charge in [-0.15, -0.1) is 0 Å². The molecule has 0 aromatic carbocycles. The van der Waals surface area contributed by atoms with Crippen molar-refractivity contribution in [2.45, 2.75) is 57.5 Å². The number of nitrogens with two attached hydrogens (primary N) is 1. The number of rotatable bonds is 5. The van der Waals surface area contributed by atoms with Gasteiger partial charge >= 0.3 is 5.97 Å². The molecule has 1 heterocycles. The number of hydrogen-bond acceptors (Lipinski definition) is 5. The summed E-state index contributed by atoms with van der Waals surface area (Å²) in [5.41, 5.74) is 5.97. The van der Waals surface area contributed by atoms with E-state index >= 15 is 0 Å². The standard InChI is InChI=1S/C17H31N3O3/c1-13-7-9-19(10-8-13)16(21)11-20(12-17(22)23-2)15-5-3-14(18)4-6-15/h13-15H,3-12,18H2,1-2H3. The third kappa shape index (κ3) is 5.46. The zero-order chi connectivity index (χ0) is 16.8. The predicted octanol–water partition coefficient (Wildman–Crippen LogP) is 0.990. The van der Waals surface area contributed by atoms with E-state index < -0.39 is 0 Å². The first-order chi connectivity index (χ1) is 11.0. The maximum atomic E-state index is 12.6. The van der Waals surface area contributed by atoms with Crippen LogP contribution < -0.4 is 5.73 Å². The average molecular weight is 325 g/mol. The van der Waals surface area contributed by atoms with Crippen LogP contribution in [0.1, 0.15) is 45.4 Å². The number of hydrogen-bond donors (Lipinski definition) is 1. The minimum Gasteiger partial charge on any atom is -0.468 e. The van der Waals surface area contributed by atoms with Gasteiger partial charge < -0.3 is 15.4 Å². The van der Waals surface area contributed by atoms with Crippen LogP contribution in [0.4, 0.5) is 0 Å². The van der Waals surface area contributed by atoms with Crippen molar-refractivity contribution in [3.63, 3.8) is 0 Å². The van der Waals surface area contributed by atoms with Gasteiger partial charge in [0.15, 0.2) is 0 Å². The van der Waals surface area contributed by atoms with Crippen LogP contribution in [0.15, 0.2) is 0 Å². The summed E-state index contributed by atoms with van der Waals surface area (Å²) in [5.74, 6) is 0.556. The van der Waals surface area contributed by atoms with Crippen molar-refractivity contribution in [2.24, 2.45) is 11.7 Å². The van der Waals surface area contributed by atoms with E-state index in [0.717, 1.165) is 51.6 Å². The Bertz CT molecular complexity index is 400. The van der Waals surface area contributed by atoms with E-state index in [4.69, 9.17) is 10.5 Å². The summed E-state index contributed by atoms with van der Waals surface area (Å²) in [6, 6.07) is 0.507. The molecule has 0 spiro atoms. The molecule has 1 amide bonds. The maximum Gasteiger partial charge on any atom is 0.319 e. The minimum atomic E-state index is -0.278. The van der Waals surface area contributed by atoms with E-state index in [0.29, 0.717) is 12.5 Å². The van der Waals surface area contributed by atoms with E-state index in [1.165, 1.54) is 7.11 Å². The smallest absolute Gasteiger partial charge is 0.319 e. The van der Waals surface area contributed by atoms with Crippen LogP contribution >= 0.6 is 0 Å². The van der Waals surface area contributed by atoms with Gasteiger partial charge in [0.2, 0.25) is 5.91 Å². The van der Waals surface area contributed by atoms with E-state index in [9.17, 15) is 9.59 Å². The molecule has 6 heteroatoms. The van der Waals surface area contributed by atoms with Gasteiger partial charge in [0.1, 0.15) is 0 Å². The summed E-state index contributed by atoms with van der Waals surface area (Å²) in [4.78, 5) is 28.3. The summed E-state index contributed by atoms with van der Waals surface area (Å²) < 4.78 is 4.80. The Morgan fingerprint density at radius 2 is 1.70 bits per heavy atom. The van der Waals surface area contributed by atoms with Crippen LogP contribution in [-0.4, -0.2) is 67.0 Å². The van der Waals surface area contributed by atoms with Gasteiger partial charge in [0.05, 0.1) is 20.2 Å². The van der Waals surface area contributed by atoms with E-state index in [1.807, 2.05) is 9.80 Å². The predicted molar refractivity (Wildman–Crippen MR) is 88.8 cm³/mol. The Morgan fingerprint density at radius 3 is 2.26 bits per heavy atom. The number of esters is 1. The van der Waals surface area contributed by atoms with Gasteiger partial charge in [-0.25, -0.2) is 0 Å². The fraction of sp³-hybridized carbons (Fsp3) is 0.882.